The first-order valence-electron chi connectivity index (χ1n) is 6.62. The van der Waals surface area contributed by atoms with Crippen molar-refractivity contribution in [3.63, 3.8) is 0 Å². The summed E-state index contributed by atoms with van der Waals surface area (Å²) < 4.78 is 15.8. The summed E-state index contributed by atoms with van der Waals surface area (Å²) in [6.45, 7) is 7.98. The van der Waals surface area contributed by atoms with Crippen molar-refractivity contribution in [3.05, 3.63) is 52.6 Å². The molecule has 0 aromatic heterocycles. The van der Waals surface area contributed by atoms with E-state index in [-0.39, 0.29) is 5.75 Å². The van der Waals surface area contributed by atoms with Gasteiger partial charge in [0.05, 0.1) is 0 Å². The number of benzene rings is 2. The Morgan fingerprint density at radius 2 is 1.48 bits per heavy atom. The van der Waals surface area contributed by atoms with E-state index < -0.39 is 7.82 Å². The molecule has 0 heterocycles. The molecule has 0 atom stereocenters. The first kappa shape index (κ1) is 15.8. The number of aryl methyl sites for hydroxylation is 1. The molecule has 21 heavy (non-hydrogen) atoms. The van der Waals surface area contributed by atoms with Crippen LogP contribution in [0.5, 0.6) is 5.75 Å². The summed E-state index contributed by atoms with van der Waals surface area (Å²) in [5.74, 6) is 0.207. The average Bonchev–Trinajstić information content (AvgIpc) is 2.38. The summed E-state index contributed by atoms with van der Waals surface area (Å²) in [4.78, 5) is 18.0. The quantitative estimate of drug-likeness (QED) is 0.839. The zero-order chi connectivity index (χ0) is 15.8. The summed E-state index contributed by atoms with van der Waals surface area (Å²) in [6, 6.07) is 9.31. The summed E-state index contributed by atoms with van der Waals surface area (Å²) in [5.41, 5.74) is 6.27. The van der Waals surface area contributed by atoms with E-state index in [1.807, 2.05) is 25.1 Å². The topological polar surface area (TPSA) is 66.8 Å². The minimum atomic E-state index is -4.56. The van der Waals surface area contributed by atoms with E-state index in [9.17, 15) is 4.57 Å². The molecule has 0 saturated heterocycles. The van der Waals surface area contributed by atoms with Crippen LogP contribution in [0.4, 0.5) is 0 Å². The molecule has 5 heteroatoms. The number of phosphoric acid groups is 1. The molecule has 2 rings (SSSR count). The summed E-state index contributed by atoms with van der Waals surface area (Å²) in [7, 11) is -4.56. The van der Waals surface area contributed by atoms with Crippen LogP contribution in [0, 0.1) is 27.7 Å². The van der Waals surface area contributed by atoms with E-state index in [1.54, 1.807) is 19.1 Å². The standard InChI is InChI=1S/C16H19O4P/c1-10-8-9-15(12(3)11(10)2)14-6-5-7-16(13(14)4)20-21(17,18)19/h5-9H,1-4H3,(H2,17,18,19). The van der Waals surface area contributed by atoms with Gasteiger partial charge in [0, 0.05) is 0 Å². The second kappa shape index (κ2) is 5.64. The lowest BCUT2D eigenvalue weighted by atomic mass is 9.92. The molecule has 0 bridgehead atoms. The fourth-order valence-corrected chi connectivity index (χ4v) is 2.84. The third kappa shape index (κ3) is 3.35. The summed E-state index contributed by atoms with van der Waals surface area (Å²) >= 11 is 0. The van der Waals surface area contributed by atoms with Crippen molar-refractivity contribution in [2.24, 2.45) is 0 Å². The van der Waals surface area contributed by atoms with Crippen molar-refractivity contribution in [1.29, 1.82) is 0 Å². The van der Waals surface area contributed by atoms with Gasteiger partial charge in [-0.05, 0) is 67.1 Å². The highest BCUT2D eigenvalue weighted by Gasteiger charge is 2.19. The van der Waals surface area contributed by atoms with Crippen molar-refractivity contribution < 1.29 is 18.9 Å². The van der Waals surface area contributed by atoms with Gasteiger partial charge in [-0.2, -0.15) is 0 Å². The van der Waals surface area contributed by atoms with Crippen molar-refractivity contribution >= 4 is 7.82 Å². The molecule has 112 valence electrons. The van der Waals surface area contributed by atoms with Gasteiger partial charge in [-0.3, -0.25) is 9.79 Å². The minimum absolute atomic E-state index is 0.207. The maximum Gasteiger partial charge on any atom is 0.524 e. The lowest BCUT2D eigenvalue weighted by Gasteiger charge is -2.16. The van der Waals surface area contributed by atoms with Crippen LogP contribution in [0.25, 0.3) is 11.1 Å². The minimum Gasteiger partial charge on any atom is -0.404 e. The van der Waals surface area contributed by atoms with Gasteiger partial charge in [0.15, 0.2) is 0 Å². The lowest BCUT2D eigenvalue weighted by molar-refractivity contribution is 0.282. The maximum absolute atomic E-state index is 11.0. The molecule has 2 aromatic rings. The Balaban J connectivity index is 2.59. The second-order valence-electron chi connectivity index (χ2n) is 5.19. The molecule has 0 aliphatic rings. The van der Waals surface area contributed by atoms with Crippen LogP contribution in [0.15, 0.2) is 30.3 Å². The highest BCUT2D eigenvalue weighted by atomic mass is 31.2. The van der Waals surface area contributed by atoms with Crippen molar-refractivity contribution in [1.82, 2.24) is 0 Å². The second-order valence-corrected chi connectivity index (χ2v) is 6.35. The van der Waals surface area contributed by atoms with Gasteiger partial charge in [0.25, 0.3) is 0 Å². The van der Waals surface area contributed by atoms with E-state index in [0.717, 1.165) is 16.7 Å². The molecule has 0 amide bonds. The van der Waals surface area contributed by atoms with Crippen LogP contribution in [-0.2, 0) is 4.57 Å². The van der Waals surface area contributed by atoms with Crippen LogP contribution in [0.3, 0.4) is 0 Å². The Kier molecular flexibility index (Phi) is 4.24. The molecule has 0 spiro atoms. The third-order valence-electron chi connectivity index (χ3n) is 3.85. The molecule has 0 fully saturated rings. The first-order valence-corrected chi connectivity index (χ1v) is 8.15. The van der Waals surface area contributed by atoms with E-state index in [1.165, 1.54) is 11.1 Å². The van der Waals surface area contributed by atoms with Gasteiger partial charge in [-0.15, -0.1) is 0 Å². The molecular formula is C16H19O4P. The van der Waals surface area contributed by atoms with Gasteiger partial charge in [0.1, 0.15) is 5.75 Å². The lowest BCUT2D eigenvalue weighted by Crippen LogP contribution is -1.96. The zero-order valence-corrected chi connectivity index (χ0v) is 13.4. The Morgan fingerprint density at radius 1 is 0.857 bits per heavy atom. The van der Waals surface area contributed by atoms with Crippen LogP contribution in [0.1, 0.15) is 22.3 Å². The van der Waals surface area contributed by atoms with Crippen LogP contribution >= 0.6 is 7.82 Å². The number of phosphoric ester groups is 1. The maximum atomic E-state index is 11.0. The molecule has 2 aromatic carbocycles. The van der Waals surface area contributed by atoms with Crippen molar-refractivity contribution in [2.45, 2.75) is 27.7 Å². The van der Waals surface area contributed by atoms with Gasteiger partial charge < -0.3 is 4.52 Å². The zero-order valence-electron chi connectivity index (χ0n) is 12.5. The fraction of sp³-hybridized carbons (Fsp3) is 0.250. The number of rotatable bonds is 3. The largest absolute Gasteiger partial charge is 0.524 e. The Hall–Kier alpha value is -1.61. The summed E-state index contributed by atoms with van der Waals surface area (Å²) in [5, 5.41) is 0. The molecule has 0 aliphatic carbocycles. The van der Waals surface area contributed by atoms with Gasteiger partial charge in [0.2, 0.25) is 0 Å². The molecule has 0 radical (unpaired) electrons. The van der Waals surface area contributed by atoms with E-state index in [0.29, 0.717) is 5.56 Å². The van der Waals surface area contributed by atoms with Gasteiger partial charge in [-0.25, -0.2) is 4.57 Å². The number of hydrogen-bond donors (Lipinski definition) is 2. The fourth-order valence-electron chi connectivity index (χ4n) is 2.38. The van der Waals surface area contributed by atoms with Gasteiger partial charge in [-0.1, -0.05) is 24.3 Å². The van der Waals surface area contributed by atoms with Crippen LogP contribution < -0.4 is 4.52 Å². The molecule has 0 aliphatic heterocycles. The molecule has 4 nitrogen and oxygen atoms in total. The van der Waals surface area contributed by atoms with E-state index >= 15 is 0 Å². The van der Waals surface area contributed by atoms with Crippen molar-refractivity contribution in [2.75, 3.05) is 0 Å². The molecule has 0 unspecified atom stereocenters. The highest BCUT2D eigenvalue weighted by Crippen LogP contribution is 2.41. The Morgan fingerprint density at radius 3 is 2.10 bits per heavy atom. The molecule has 2 N–H and O–H groups in total. The van der Waals surface area contributed by atoms with Gasteiger partial charge >= 0.3 is 7.82 Å². The monoisotopic (exact) mass is 306 g/mol. The predicted molar refractivity (Wildman–Crippen MR) is 83.5 cm³/mol. The average molecular weight is 306 g/mol. The van der Waals surface area contributed by atoms with Crippen LogP contribution in [-0.4, -0.2) is 9.79 Å². The smallest absolute Gasteiger partial charge is 0.404 e. The molecular weight excluding hydrogens is 287 g/mol. The van der Waals surface area contributed by atoms with Crippen molar-refractivity contribution in [3.8, 4) is 16.9 Å². The summed E-state index contributed by atoms with van der Waals surface area (Å²) in [6.07, 6.45) is 0. The van der Waals surface area contributed by atoms with E-state index in [4.69, 9.17) is 14.3 Å². The Labute approximate surface area is 124 Å². The normalized spacial score (nSPS) is 11.5. The first-order chi connectivity index (χ1) is 9.70. The highest BCUT2D eigenvalue weighted by molar-refractivity contribution is 7.46. The Bertz CT molecular complexity index is 731. The number of hydrogen-bond acceptors (Lipinski definition) is 2. The van der Waals surface area contributed by atoms with Crippen LogP contribution in [0.2, 0.25) is 0 Å². The SMILES string of the molecule is Cc1ccc(-c2cccc(OP(=O)(O)O)c2C)c(C)c1C. The van der Waals surface area contributed by atoms with E-state index in [2.05, 4.69) is 13.8 Å². The predicted octanol–water partition coefficient (Wildman–Crippen LogP) is 4.06. The third-order valence-corrected chi connectivity index (χ3v) is 4.28. The molecule has 0 saturated carbocycles.